The fourth-order valence-corrected chi connectivity index (χ4v) is 3.25. The lowest BCUT2D eigenvalue weighted by Gasteiger charge is -2.15. The third-order valence-corrected chi connectivity index (χ3v) is 5.39. The lowest BCUT2D eigenvalue weighted by Crippen LogP contribution is -2.31. The Hall–Kier alpha value is -2.41. The predicted octanol–water partition coefficient (Wildman–Crippen LogP) is 3.63. The van der Waals surface area contributed by atoms with Gasteiger partial charge >= 0.3 is 0 Å². The van der Waals surface area contributed by atoms with E-state index < -0.39 is 0 Å². The van der Waals surface area contributed by atoms with Crippen LogP contribution >= 0.6 is 15.9 Å². The summed E-state index contributed by atoms with van der Waals surface area (Å²) >= 11 is 3.43. The molecule has 26 heavy (non-hydrogen) atoms. The molecule has 0 spiro atoms. The molecule has 2 heterocycles. The first-order valence-corrected chi connectivity index (χ1v) is 9.27. The first-order valence-electron chi connectivity index (χ1n) is 8.48. The number of hydrogen-bond donors (Lipinski definition) is 1. The second-order valence-corrected chi connectivity index (χ2v) is 7.17. The van der Waals surface area contributed by atoms with Crippen LogP contribution < -0.4 is 5.32 Å². The molecule has 3 aromatic rings. The fourth-order valence-electron chi connectivity index (χ4n) is 2.98. The number of carbonyl (C=O) groups excluding carboxylic acids is 1. The van der Waals surface area contributed by atoms with E-state index >= 15 is 0 Å². The Morgan fingerprint density at radius 2 is 1.88 bits per heavy atom. The molecule has 0 saturated carbocycles. The van der Waals surface area contributed by atoms with Crippen molar-refractivity contribution in [2.45, 2.75) is 40.3 Å². The van der Waals surface area contributed by atoms with Gasteiger partial charge in [-0.2, -0.15) is 10.2 Å². The molecule has 1 amide bonds. The molecule has 1 atom stereocenters. The maximum atomic E-state index is 12.6. The van der Waals surface area contributed by atoms with E-state index in [9.17, 15) is 4.79 Å². The number of nitrogens with zero attached hydrogens (tertiary/aromatic N) is 4. The van der Waals surface area contributed by atoms with Crippen molar-refractivity contribution in [3.05, 3.63) is 63.6 Å². The minimum absolute atomic E-state index is 0.0741. The number of para-hydroxylation sites is 1. The molecule has 0 aliphatic carbocycles. The van der Waals surface area contributed by atoms with E-state index in [0.29, 0.717) is 6.54 Å². The van der Waals surface area contributed by atoms with Crippen molar-refractivity contribution in [3.8, 4) is 5.69 Å². The first-order chi connectivity index (χ1) is 12.4. The predicted molar refractivity (Wildman–Crippen MR) is 104 cm³/mol. The highest BCUT2D eigenvalue weighted by molar-refractivity contribution is 9.10. The third kappa shape index (κ3) is 3.44. The van der Waals surface area contributed by atoms with E-state index in [0.717, 1.165) is 32.8 Å². The average molecular weight is 416 g/mol. The molecule has 0 fully saturated rings. The van der Waals surface area contributed by atoms with Gasteiger partial charge in [0.05, 0.1) is 27.7 Å². The highest BCUT2D eigenvalue weighted by Crippen LogP contribution is 2.20. The summed E-state index contributed by atoms with van der Waals surface area (Å²) in [5, 5.41) is 11.9. The molecule has 6 nitrogen and oxygen atoms in total. The Labute approximate surface area is 161 Å². The largest absolute Gasteiger partial charge is 0.350 e. The molecule has 0 bridgehead atoms. The summed E-state index contributed by atoms with van der Waals surface area (Å²) in [5.74, 6) is -0.0741. The Morgan fingerprint density at radius 3 is 2.50 bits per heavy atom. The van der Waals surface area contributed by atoms with Crippen molar-refractivity contribution in [2.75, 3.05) is 0 Å². The molecule has 0 radical (unpaired) electrons. The van der Waals surface area contributed by atoms with E-state index in [4.69, 9.17) is 0 Å². The van der Waals surface area contributed by atoms with Gasteiger partial charge in [-0.3, -0.25) is 9.48 Å². The molecule has 136 valence electrons. The van der Waals surface area contributed by atoms with Crippen molar-refractivity contribution < 1.29 is 4.79 Å². The maximum Gasteiger partial charge on any atom is 0.244 e. The van der Waals surface area contributed by atoms with Crippen molar-refractivity contribution in [1.29, 1.82) is 0 Å². The van der Waals surface area contributed by atoms with Crippen LogP contribution in [-0.2, 0) is 11.3 Å². The maximum absolute atomic E-state index is 12.6. The van der Waals surface area contributed by atoms with Gasteiger partial charge in [0.2, 0.25) is 5.91 Å². The number of nitrogens with one attached hydrogen (secondary N) is 1. The van der Waals surface area contributed by atoms with E-state index in [1.165, 1.54) is 0 Å². The normalized spacial score (nSPS) is 12.2. The van der Waals surface area contributed by atoms with E-state index in [1.807, 2.05) is 62.7 Å². The van der Waals surface area contributed by atoms with Gasteiger partial charge in [-0.25, -0.2) is 4.68 Å². The quantitative estimate of drug-likeness (QED) is 0.691. The molecule has 0 saturated heterocycles. The van der Waals surface area contributed by atoms with Crippen molar-refractivity contribution in [2.24, 2.45) is 0 Å². The molecule has 0 aliphatic heterocycles. The van der Waals surface area contributed by atoms with E-state index in [-0.39, 0.29) is 11.9 Å². The number of benzene rings is 1. The van der Waals surface area contributed by atoms with Crippen LogP contribution in [0, 0.1) is 20.8 Å². The highest BCUT2D eigenvalue weighted by atomic mass is 79.9. The minimum atomic E-state index is -0.383. The molecular formula is C19H22BrN5O. The van der Waals surface area contributed by atoms with Crippen molar-refractivity contribution in [1.82, 2.24) is 24.9 Å². The summed E-state index contributed by atoms with van der Waals surface area (Å²) in [6.07, 6.45) is 1.71. The molecule has 7 heteroatoms. The van der Waals surface area contributed by atoms with Crippen LogP contribution in [0.25, 0.3) is 5.69 Å². The summed E-state index contributed by atoms with van der Waals surface area (Å²) in [6, 6.07) is 9.60. The molecular weight excluding hydrogens is 394 g/mol. The fraction of sp³-hybridized carbons (Fsp3) is 0.316. The Bertz CT molecular complexity index is 929. The number of hydrogen-bond acceptors (Lipinski definition) is 3. The molecule has 1 unspecified atom stereocenters. The minimum Gasteiger partial charge on any atom is -0.350 e. The smallest absolute Gasteiger partial charge is 0.244 e. The van der Waals surface area contributed by atoms with Crippen LogP contribution in [0.15, 0.2) is 41.0 Å². The second kappa shape index (κ2) is 7.45. The molecule has 0 aliphatic rings. The number of halogens is 1. The highest BCUT2D eigenvalue weighted by Gasteiger charge is 2.20. The van der Waals surface area contributed by atoms with Gasteiger partial charge in [0.1, 0.15) is 6.04 Å². The van der Waals surface area contributed by atoms with Crippen molar-refractivity contribution in [3.63, 3.8) is 0 Å². The monoisotopic (exact) mass is 415 g/mol. The lowest BCUT2D eigenvalue weighted by molar-refractivity contribution is -0.124. The van der Waals surface area contributed by atoms with Gasteiger partial charge in [-0.15, -0.1) is 0 Å². The first kappa shape index (κ1) is 18.4. The van der Waals surface area contributed by atoms with Crippen LogP contribution in [0.2, 0.25) is 0 Å². The van der Waals surface area contributed by atoms with Gasteiger partial charge in [0.15, 0.2) is 0 Å². The van der Waals surface area contributed by atoms with Crippen LogP contribution in [-0.4, -0.2) is 25.5 Å². The van der Waals surface area contributed by atoms with Gasteiger partial charge in [-0.1, -0.05) is 18.2 Å². The summed E-state index contributed by atoms with van der Waals surface area (Å²) in [5.41, 5.74) is 4.91. The topological polar surface area (TPSA) is 64.7 Å². The lowest BCUT2D eigenvalue weighted by atomic mass is 10.2. The van der Waals surface area contributed by atoms with Gasteiger partial charge in [0.25, 0.3) is 0 Å². The second-order valence-electron chi connectivity index (χ2n) is 6.31. The summed E-state index contributed by atoms with van der Waals surface area (Å²) in [7, 11) is 0. The van der Waals surface area contributed by atoms with Crippen LogP contribution in [0.4, 0.5) is 0 Å². The number of carbonyl (C=O) groups is 1. The Morgan fingerprint density at radius 1 is 1.19 bits per heavy atom. The third-order valence-electron chi connectivity index (χ3n) is 4.61. The zero-order chi connectivity index (χ0) is 18.8. The van der Waals surface area contributed by atoms with Crippen molar-refractivity contribution >= 4 is 21.8 Å². The summed E-state index contributed by atoms with van der Waals surface area (Å²) < 4.78 is 4.52. The average Bonchev–Trinajstić information content (AvgIpc) is 3.12. The Kier molecular flexibility index (Phi) is 5.27. The van der Waals surface area contributed by atoms with Gasteiger partial charge in [0, 0.05) is 17.8 Å². The summed E-state index contributed by atoms with van der Waals surface area (Å²) in [4.78, 5) is 12.6. The van der Waals surface area contributed by atoms with Crippen LogP contribution in [0.3, 0.4) is 0 Å². The molecule has 3 rings (SSSR count). The zero-order valence-electron chi connectivity index (χ0n) is 15.3. The number of amides is 1. The standard InChI is InChI=1S/C19H22BrN5O/c1-12-17(13(2)25(23-12)16-8-6-5-7-9-16)10-21-19(26)15(4)24-14(3)18(20)11-22-24/h5-9,11,15H,10H2,1-4H3,(H,21,26). The van der Waals surface area contributed by atoms with Crippen LogP contribution in [0.1, 0.15) is 35.6 Å². The SMILES string of the molecule is Cc1nn(-c2ccccc2)c(C)c1CNC(=O)C(C)n1ncc(Br)c1C. The number of rotatable bonds is 5. The molecule has 1 aromatic carbocycles. The Balaban J connectivity index is 1.75. The van der Waals surface area contributed by atoms with E-state index in [2.05, 4.69) is 31.4 Å². The molecule has 2 aromatic heterocycles. The van der Waals surface area contributed by atoms with Crippen LogP contribution in [0.5, 0.6) is 0 Å². The zero-order valence-corrected chi connectivity index (χ0v) is 16.9. The number of aromatic nitrogens is 4. The molecule has 1 N–H and O–H groups in total. The van der Waals surface area contributed by atoms with Gasteiger partial charge in [-0.05, 0) is 55.8 Å². The number of aryl methyl sites for hydroxylation is 1. The van der Waals surface area contributed by atoms with E-state index in [1.54, 1.807) is 10.9 Å². The summed E-state index contributed by atoms with van der Waals surface area (Å²) in [6.45, 7) is 8.20. The van der Waals surface area contributed by atoms with Gasteiger partial charge < -0.3 is 5.32 Å².